The molecule has 0 saturated carbocycles. The fourth-order valence-corrected chi connectivity index (χ4v) is 9.18. The monoisotopic (exact) mass is 858 g/mol. The molecule has 6 rings (SSSR count). The van der Waals surface area contributed by atoms with Gasteiger partial charge in [0.15, 0.2) is 38.6 Å². The van der Waals surface area contributed by atoms with E-state index in [2.05, 4.69) is 40.8 Å². The van der Waals surface area contributed by atoms with Gasteiger partial charge in [0.2, 0.25) is 6.29 Å². The van der Waals surface area contributed by atoms with Crippen LogP contribution in [0.5, 0.6) is 0 Å². The molecular weight excluding hydrogens is 789 g/mol. The van der Waals surface area contributed by atoms with E-state index in [0.717, 1.165) is 36.8 Å². The van der Waals surface area contributed by atoms with Crippen LogP contribution in [0.3, 0.4) is 0 Å². The molecule has 11 atom stereocenters. The highest BCUT2D eigenvalue weighted by Gasteiger charge is 2.58. The number of aliphatic hydroxyl groups is 1. The molecule has 4 aliphatic heterocycles. The number of hydrogen-bond donors (Lipinski definition) is 1. The number of esters is 1. The molecule has 2 unspecified atom stereocenters. The quantitative estimate of drug-likeness (QED) is 0.0670. The summed E-state index contributed by atoms with van der Waals surface area (Å²) in [6, 6.07) is 19.4. The summed E-state index contributed by atoms with van der Waals surface area (Å²) in [4.78, 5) is 13.7. The normalized spacial score (nSPS) is 31.4. The zero-order valence-corrected chi connectivity index (χ0v) is 38.3. The van der Waals surface area contributed by atoms with Gasteiger partial charge in [-0.05, 0) is 57.8 Å². The number of carbonyl (C=O) groups excluding carboxylic acids is 1. The Balaban J connectivity index is 1.31. The molecule has 0 aromatic heterocycles. The highest BCUT2D eigenvalue weighted by molar-refractivity contribution is 6.74. The van der Waals surface area contributed by atoms with Crippen LogP contribution in [0.15, 0.2) is 60.7 Å². The Morgan fingerprint density at radius 2 is 1.52 bits per heavy atom. The molecule has 336 valence electrons. The van der Waals surface area contributed by atoms with Gasteiger partial charge in [0.1, 0.15) is 42.7 Å². The molecule has 4 aliphatic rings. The predicted molar refractivity (Wildman–Crippen MR) is 225 cm³/mol. The Bertz CT molecular complexity index is 1640. The third-order valence-electron chi connectivity index (χ3n) is 12.1. The highest BCUT2D eigenvalue weighted by Crippen LogP contribution is 2.44. The van der Waals surface area contributed by atoms with Crippen molar-refractivity contribution in [3.63, 3.8) is 0 Å². The molecule has 4 heterocycles. The SMILES string of the molecule is CCCCCCCC(=O)O[C@@H]1[C@H](OC(O)[C@H]2OC(C)(C)O[C@@H]2[C@@H](O[Si](C)(C)C(C)(C)C)[C@@H]2COC(C)(C)O2)O[C@@H]2COC(c3ccccc3)O[C@H]2[C@@H]1OCc1ccccc1. The molecule has 0 radical (unpaired) electrons. The smallest absolute Gasteiger partial charge is 0.306 e. The molecule has 0 bridgehead atoms. The van der Waals surface area contributed by atoms with Crippen molar-refractivity contribution in [2.75, 3.05) is 13.2 Å². The van der Waals surface area contributed by atoms with Crippen molar-refractivity contribution in [2.45, 2.75) is 198 Å². The van der Waals surface area contributed by atoms with Crippen LogP contribution >= 0.6 is 0 Å². The van der Waals surface area contributed by atoms with Crippen molar-refractivity contribution in [2.24, 2.45) is 0 Å². The lowest BCUT2D eigenvalue weighted by Crippen LogP contribution is -2.65. The molecule has 0 aliphatic carbocycles. The first kappa shape index (κ1) is 47.2. The van der Waals surface area contributed by atoms with E-state index >= 15 is 0 Å². The number of carbonyl (C=O) groups is 1. The number of rotatable bonds is 18. The van der Waals surface area contributed by atoms with Gasteiger partial charge < -0.3 is 56.9 Å². The molecule has 14 heteroatoms. The van der Waals surface area contributed by atoms with Gasteiger partial charge in [0.25, 0.3) is 0 Å². The van der Waals surface area contributed by atoms with Gasteiger partial charge in [-0.25, -0.2) is 0 Å². The number of ether oxygens (including phenoxy) is 10. The van der Waals surface area contributed by atoms with Crippen LogP contribution in [0.4, 0.5) is 0 Å². The standard InChI is InChI=1S/C46H70O13Si/c1-11-12-13-14-21-26-34(47)53-40-37(49-27-30-22-17-15-18-23-30)35-32(28-50-42(54-35)31-24-19-16-20-25-31)52-43(40)55-41(48)39-38(57-46(7,8)58-39)36(33-29-51-45(5,6)56-33)59-60(9,10)44(2,3)4/h15-20,22-25,32-33,35-43,48H,11-14,21,26-29H2,1-10H3/t32-,33+,35-,36+,37+,38-,39+,40+,41?,42?,43+/m1/s1. The average Bonchev–Trinajstić information content (AvgIpc) is 3.73. The number of aliphatic hydroxyl groups excluding tert-OH is 1. The van der Waals surface area contributed by atoms with E-state index in [9.17, 15) is 9.90 Å². The second-order valence-electron chi connectivity index (χ2n) is 18.9. The Labute approximate surface area is 358 Å². The highest BCUT2D eigenvalue weighted by atomic mass is 28.4. The first-order valence-corrected chi connectivity index (χ1v) is 24.8. The minimum atomic E-state index is -2.47. The van der Waals surface area contributed by atoms with Gasteiger partial charge in [-0.3, -0.25) is 4.79 Å². The number of hydrogen-bond acceptors (Lipinski definition) is 13. The Morgan fingerprint density at radius 3 is 2.17 bits per heavy atom. The van der Waals surface area contributed by atoms with Gasteiger partial charge in [0.05, 0.1) is 19.8 Å². The summed E-state index contributed by atoms with van der Waals surface area (Å²) in [6.45, 7) is 20.8. The molecule has 2 aromatic carbocycles. The van der Waals surface area contributed by atoms with E-state index in [1.54, 1.807) is 13.8 Å². The second-order valence-corrected chi connectivity index (χ2v) is 23.7. The van der Waals surface area contributed by atoms with Gasteiger partial charge in [0, 0.05) is 12.0 Å². The van der Waals surface area contributed by atoms with Crippen molar-refractivity contribution in [1.29, 1.82) is 0 Å². The minimum absolute atomic E-state index is 0.124. The van der Waals surface area contributed by atoms with E-state index < -0.39 is 93.6 Å². The molecule has 60 heavy (non-hydrogen) atoms. The van der Waals surface area contributed by atoms with Crippen molar-refractivity contribution in [1.82, 2.24) is 0 Å². The van der Waals surface area contributed by atoms with Crippen LogP contribution in [0, 0.1) is 0 Å². The van der Waals surface area contributed by atoms with Gasteiger partial charge in [-0.2, -0.15) is 0 Å². The van der Waals surface area contributed by atoms with Crippen molar-refractivity contribution in [3.05, 3.63) is 71.8 Å². The molecule has 4 fully saturated rings. The molecule has 2 aromatic rings. The number of fused-ring (bicyclic) bond motifs is 1. The van der Waals surface area contributed by atoms with Crippen LogP contribution in [0.2, 0.25) is 18.1 Å². The number of unbranched alkanes of at least 4 members (excludes halogenated alkanes) is 4. The van der Waals surface area contributed by atoms with Gasteiger partial charge in [-0.1, -0.05) is 114 Å². The van der Waals surface area contributed by atoms with E-state index in [-0.39, 0.29) is 31.3 Å². The van der Waals surface area contributed by atoms with Crippen LogP contribution in [-0.4, -0.2) is 106 Å². The summed E-state index contributed by atoms with van der Waals surface area (Å²) in [5.74, 6) is -2.41. The Morgan fingerprint density at radius 1 is 0.850 bits per heavy atom. The van der Waals surface area contributed by atoms with Gasteiger partial charge in [-0.15, -0.1) is 0 Å². The zero-order valence-electron chi connectivity index (χ0n) is 37.3. The molecule has 1 N–H and O–H groups in total. The first-order valence-electron chi connectivity index (χ1n) is 21.9. The van der Waals surface area contributed by atoms with Crippen LogP contribution in [0.1, 0.15) is 111 Å². The summed E-state index contributed by atoms with van der Waals surface area (Å²) in [6.07, 6.45) is -5.30. The third-order valence-corrected chi connectivity index (χ3v) is 16.5. The molecular formula is C46H70O13Si. The van der Waals surface area contributed by atoms with Crippen LogP contribution < -0.4 is 0 Å². The second kappa shape index (κ2) is 20.0. The van der Waals surface area contributed by atoms with E-state index in [1.165, 1.54) is 0 Å². The first-order chi connectivity index (χ1) is 28.4. The average molecular weight is 859 g/mol. The molecule has 13 nitrogen and oxygen atoms in total. The van der Waals surface area contributed by atoms with E-state index in [4.69, 9.17) is 51.8 Å². The van der Waals surface area contributed by atoms with Crippen molar-refractivity contribution >= 4 is 14.3 Å². The number of benzene rings is 2. The molecule has 0 spiro atoms. The Hall–Kier alpha value is -2.31. The summed E-state index contributed by atoms with van der Waals surface area (Å²) in [5, 5.41) is 12.1. The maximum absolute atomic E-state index is 13.7. The zero-order chi connectivity index (χ0) is 43.3. The van der Waals surface area contributed by atoms with Crippen molar-refractivity contribution in [3.8, 4) is 0 Å². The van der Waals surface area contributed by atoms with Gasteiger partial charge >= 0.3 is 5.97 Å². The fraction of sp³-hybridized carbons (Fsp3) is 0.717. The van der Waals surface area contributed by atoms with E-state index in [1.807, 2.05) is 74.5 Å². The molecule has 4 saturated heterocycles. The Kier molecular flexibility index (Phi) is 15.7. The third kappa shape index (κ3) is 12.0. The lowest BCUT2D eigenvalue weighted by Gasteiger charge is -2.49. The van der Waals surface area contributed by atoms with Crippen molar-refractivity contribution < 1.29 is 61.7 Å². The minimum Gasteiger partial charge on any atom is -0.454 e. The summed E-state index contributed by atoms with van der Waals surface area (Å²) < 4.78 is 71.5. The maximum Gasteiger partial charge on any atom is 0.306 e. The molecule has 0 amide bonds. The van der Waals surface area contributed by atoms with Crippen LogP contribution in [0.25, 0.3) is 0 Å². The summed E-state index contributed by atoms with van der Waals surface area (Å²) in [7, 11) is -2.47. The van der Waals surface area contributed by atoms with Crippen LogP contribution in [-0.2, 0) is 63.2 Å². The topological polar surface area (TPSA) is 139 Å². The largest absolute Gasteiger partial charge is 0.454 e. The predicted octanol–water partition coefficient (Wildman–Crippen LogP) is 8.08. The maximum atomic E-state index is 13.7. The fourth-order valence-electron chi connectivity index (χ4n) is 7.86. The lowest BCUT2D eigenvalue weighted by molar-refractivity contribution is -0.386. The summed E-state index contributed by atoms with van der Waals surface area (Å²) in [5.41, 5.74) is 1.75. The lowest BCUT2D eigenvalue weighted by atomic mass is 9.96. The summed E-state index contributed by atoms with van der Waals surface area (Å²) >= 11 is 0. The van der Waals surface area contributed by atoms with E-state index in [0.29, 0.717) is 6.42 Å².